The Kier molecular flexibility index (Phi) is 5.66. The number of hydrogen-bond donors (Lipinski definition) is 2. The number of benzene rings is 2. The van der Waals surface area contributed by atoms with Crippen molar-refractivity contribution in [2.75, 3.05) is 0 Å². The molecule has 0 saturated heterocycles. The maximum absolute atomic E-state index is 12.6. The van der Waals surface area contributed by atoms with Gasteiger partial charge in [-0.3, -0.25) is 9.36 Å². The van der Waals surface area contributed by atoms with Crippen LogP contribution in [0.2, 0.25) is 0 Å². The average molecular weight is 418 g/mol. The van der Waals surface area contributed by atoms with Gasteiger partial charge in [0.25, 0.3) is 0 Å². The summed E-state index contributed by atoms with van der Waals surface area (Å²) in [6, 6.07) is 15.0. The Labute approximate surface area is 180 Å². The van der Waals surface area contributed by atoms with Crippen molar-refractivity contribution >= 4 is 17.0 Å². The molecular weight excluding hydrogens is 392 g/mol. The van der Waals surface area contributed by atoms with E-state index in [2.05, 4.69) is 11.4 Å². The van der Waals surface area contributed by atoms with E-state index in [0.717, 1.165) is 41.5 Å². The summed E-state index contributed by atoms with van der Waals surface area (Å²) in [5.41, 5.74) is 9.61. The molecule has 3 aromatic rings. The molecule has 1 aliphatic carbocycles. The number of fused-ring (bicyclic) bond motifs is 1. The van der Waals surface area contributed by atoms with Crippen molar-refractivity contribution in [3.8, 4) is 17.2 Å². The number of rotatable bonds is 5. The number of nitrogens with two attached hydrogens (primary N) is 1. The molecular formula is C24H26N4O3. The lowest BCUT2D eigenvalue weighted by Gasteiger charge is -2.32. The lowest BCUT2D eigenvalue weighted by Crippen LogP contribution is -2.57. The molecule has 4 rings (SSSR count). The maximum atomic E-state index is 12.6. The Hall–Kier alpha value is -3.37. The summed E-state index contributed by atoms with van der Waals surface area (Å²) in [5.74, 6) is -0.617. The first-order valence-electron chi connectivity index (χ1n) is 10.6. The molecule has 2 aromatic carbocycles. The molecule has 7 nitrogen and oxygen atoms in total. The minimum absolute atomic E-state index is 0.227. The van der Waals surface area contributed by atoms with E-state index in [-0.39, 0.29) is 11.7 Å². The molecule has 1 atom stereocenters. The van der Waals surface area contributed by atoms with Crippen LogP contribution in [0.15, 0.2) is 51.7 Å². The van der Waals surface area contributed by atoms with Gasteiger partial charge < -0.3 is 15.5 Å². The smallest absolute Gasteiger partial charge is 0.408 e. The van der Waals surface area contributed by atoms with Crippen molar-refractivity contribution in [2.24, 2.45) is 12.8 Å². The number of carbonyl (C=O) groups is 1. The van der Waals surface area contributed by atoms with Crippen molar-refractivity contribution in [3.63, 3.8) is 0 Å². The third-order valence-electron chi connectivity index (χ3n) is 6.18. The predicted octanol–water partition coefficient (Wildman–Crippen LogP) is 3.01. The van der Waals surface area contributed by atoms with E-state index in [1.54, 1.807) is 13.1 Å². The van der Waals surface area contributed by atoms with Crippen LogP contribution in [-0.2, 0) is 18.3 Å². The number of hydrogen-bond acceptors (Lipinski definition) is 5. The number of carbonyl (C=O) groups excluding carboxylic acids is 1. The maximum Gasteiger partial charge on any atom is 0.419 e. The highest BCUT2D eigenvalue weighted by molar-refractivity contribution is 5.86. The van der Waals surface area contributed by atoms with Gasteiger partial charge in [-0.1, -0.05) is 49.6 Å². The fourth-order valence-corrected chi connectivity index (χ4v) is 4.22. The summed E-state index contributed by atoms with van der Waals surface area (Å²) >= 11 is 0. The van der Waals surface area contributed by atoms with Crippen LogP contribution in [0.5, 0.6) is 0 Å². The van der Waals surface area contributed by atoms with E-state index in [1.165, 1.54) is 4.57 Å². The monoisotopic (exact) mass is 418 g/mol. The van der Waals surface area contributed by atoms with Gasteiger partial charge in [0, 0.05) is 13.5 Å². The average Bonchev–Trinajstić information content (AvgIpc) is 3.07. The van der Waals surface area contributed by atoms with Crippen molar-refractivity contribution in [1.82, 2.24) is 9.88 Å². The lowest BCUT2D eigenvalue weighted by molar-refractivity contribution is -0.127. The van der Waals surface area contributed by atoms with Gasteiger partial charge in [0.15, 0.2) is 5.58 Å². The molecule has 0 aliphatic heterocycles. The second-order valence-electron chi connectivity index (χ2n) is 8.38. The quantitative estimate of drug-likeness (QED) is 0.661. The van der Waals surface area contributed by atoms with E-state index in [0.29, 0.717) is 24.8 Å². The molecule has 0 spiro atoms. The number of nitrogens with one attached hydrogen (secondary N) is 1. The van der Waals surface area contributed by atoms with Gasteiger partial charge in [-0.05, 0) is 41.7 Å². The van der Waals surface area contributed by atoms with Gasteiger partial charge in [-0.15, -0.1) is 0 Å². The molecule has 1 aliphatic rings. The van der Waals surface area contributed by atoms with Crippen molar-refractivity contribution in [1.29, 1.82) is 5.26 Å². The summed E-state index contributed by atoms with van der Waals surface area (Å²) < 4.78 is 6.66. The molecule has 1 fully saturated rings. The molecule has 7 heteroatoms. The van der Waals surface area contributed by atoms with Gasteiger partial charge in [0.2, 0.25) is 5.91 Å². The molecule has 0 bridgehead atoms. The zero-order valence-electron chi connectivity index (χ0n) is 17.6. The first-order valence-corrected chi connectivity index (χ1v) is 10.6. The second kappa shape index (κ2) is 8.40. The molecule has 3 N–H and O–H groups in total. The SMILES string of the molecule is Cn1c(=O)oc2ccc(-c3ccc(C[C@@H](C#N)NC(=O)C4(N)CCCCC4)cc3)cc21. The summed E-state index contributed by atoms with van der Waals surface area (Å²) in [6.07, 6.45) is 4.73. The minimum atomic E-state index is -0.858. The summed E-state index contributed by atoms with van der Waals surface area (Å²) in [5, 5.41) is 12.4. The van der Waals surface area contributed by atoms with Crippen molar-refractivity contribution < 1.29 is 9.21 Å². The van der Waals surface area contributed by atoms with Gasteiger partial charge >= 0.3 is 5.76 Å². The summed E-state index contributed by atoms with van der Waals surface area (Å²) in [6.45, 7) is 0. The van der Waals surface area contributed by atoms with Crippen LogP contribution >= 0.6 is 0 Å². The molecule has 0 radical (unpaired) electrons. The molecule has 31 heavy (non-hydrogen) atoms. The van der Waals surface area contributed by atoms with Gasteiger partial charge in [0.1, 0.15) is 6.04 Å². The van der Waals surface area contributed by atoms with E-state index in [4.69, 9.17) is 10.2 Å². The van der Waals surface area contributed by atoms with E-state index in [9.17, 15) is 14.9 Å². The number of nitriles is 1. The topological polar surface area (TPSA) is 114 Å². The molecule has 160 valence electrons. The Balaban J connectivity index is 1.46. The van der Waals surface area contributed by atoms with Gasteiger partial charge in [-0.2, -0.15) is 5.26 Å². The fourth-order valence-electron chi connectivity index (χ4n) is 4.22. The van der Waals surface area contributed by atoms with Crippen molar-refractivity contribution in [3.05, 3.63) is 58.6 Å². The predicted molar refractivity (Wildman–Crippen MR) is 118 cm³/mol. The highest BCUT2D eigenvalue weighted by Gasteiger charge is 2.36. The van der Waals surface area contributed by atoms with E-state index >= 15 is 0 Å². The Bertz CT molecular complexity index is 1190. The first kappa shape index (κ1) is 20.9. The van der Waals surface area contributed by atoms with E-state index in [1.807, 2.05) is 36.4 Å². The Morgan fingerprint density at radius 3 is 2.55 bits per heavy atom. The van der Waals surface area contributed by atoms with Crippen LogP contribution < -0.4 is 16.8 Å². The zero-order valence-corrected chi connectivity index (χ0v) is 17.6. The molecule has 1 amide bonds. The van der Waals surface area contributed by atoms with Crippen LogP contribution in [0.4, 0.5) is 0 Å². The van der Waals surface area contributed by atoms with Crippen LogP contribution in [0.25, 0.3) is 22.2 Å². The number of amides is 1. The minimum Gasteiger partial charge on any atom is -0.408 e. The van der Waals surface area contributed by atoms with Crippen LogP contribution in [0.1, 0.15) is 37.7 Å². The molecule has 0 unspecified atom stereocenters. The Morgan fingerprint density at radius 1 is 1.19 bits per heavy atom. The highest BCUT2D eigenvalue weighted by Crippen LogP contribution is 2.27. The van der Waals surface area contributed by atoms with Crippen LogP contribution in [0, 0.1) is 11.3 Å². The number of aryl methyl sites for hydroxylation is 1. The number of nitrogens with zero attached hydrogens (tertiary/aromatic N) is 2. The second-order valence-corrected chi connectivity index (χ2v) is 8.38. The fraction of sp³-hybridized carbons (Fsp3) is 0.375. The van der Waals surface area contributed by atoms with Gasteiger partial charge in [-0.25, -0.2) is 4.79 Å². The summed E-state index contributed by atoms with van der Waals surface area (Å²) in [7, 11) is 1.68. The van der Waals surface area contributed by atoms with Gasteiger partial charge in [0.05, 0.1) is 17.1 Å². The number of oxazole rings is 1. The molecule has 1 saturated carbocycles. The van der Waals surface area contributed by atoms with Crippen LogP contribution in [0.3, 0.4) is 0 Å². The molecule has 1 aromatic heterocycles. The first-order chi connectivity index (χ1) is 14.9. The lowest BCUT2D eigenvalue weighted by atomic mass is 9.81. The number of aromatic nitrogens is 1. The molecule has 1 heterocycles. The zero-order chi connectivity index (χ0) is 22.0. The van der Waals surface area contributed by atoms with Crippen molar-refractivity contribution in [2.45, 2.75) is 50.1 Å². The summed E-state index contributed by atoms with van der Waals surface area (Å²) in [4.78, 5) is 24.3. The largest absolute Gasteiger partial charge is 0.419 e. The third kappa shape index (κ3) is 4.25. The third-order valence-corrected chi connectivity index (χ3v) is 6.18. The Morgan fingerprint density at radius 2 is 1.87 bits per heavy atom. The standard InChI is InChI=1S/C24H26N4O3/c1-28-20-14-18(9-10-21(20)31-23(28)30)17-7-5-16(6-8-17)13-19(15-25)27-22(29)24(26)11-3-2-4-12-24/h5-10,14,19H,2-4,11-13,26H2,1H3,(H,27,29)/t19-/m0/s1. The van der Waals surface area contributed by atoms with Crippen LogP contribution in [-0.4, -0.2) is 22.1 Å². The normalized spacial score (nSPS) is 16.5. The highest BCUT2D eigenvalue weighted by atomic mass is 16.4. The van der Waals surface area contributed by atoms with E-state index < -0.39 is 11.6 Å².